The van der Waals surface area contributed by atoms with Gasteiger partial charge in [0.1, 0.15) is 6.04 Å². The van der Waals surface area contributed by atoms with E-state index in [0.29, 0.717) is 12.5 Å². The van der Waals surface area contributed by atoms with Crippen molar-refractivity contribution in [2.45, 2.75) is 44.2 Å². The fourth-order valence-corrected chi connectivity index (χ4v) is 3.35. The third kappa shape index (κ3) is 2.90. The molecule has 2 atom stereocenters. The van der Waals surface area contributed by atoms with Crippen molar-refractivity contribution in [3.8, 4) is 0 Å². The van der Waals surface area contributed by atoms with Crippen molar-refractivity contribution in [1.82, 2.24) is 10.2 Å². The maximum atomic E-state index is 12.1. The number of aliphatic hydroxyl groups is 1. The quantitative estimate of drug-likeness (QED) is 0.690. The number of carbonyl (C=O) groups is 2. The van der Waals surface area contributed by atoms with E-state index in [-0.39, 0.29) is 19.0 Å². The molecule has 0 aromatic carbocycles. The lowest BCUT2D eigenvalue weighted by atomic mass is 9.98. The van der Waals surface area contributed by atoms with Crippen molar-refractivity contribution in [3.63, 3.8) is 0 Å². The number of nitrogens with zero attached hydrogens (tertiary/aromatic N) is 1. The predicted molar refractivity (Wildman–Crippen MR) is 71.1 cm³/mol. The van der Waals surface area contributed by atoms with Crippen molar-refractivity contribution in [2.75, 3.05) is 13.1 Å². The Morgan fingerprint density at radius 1 is 1.20 bits per heavy atom. The number of aliphatic carboxylic acids is 1. The molecule has 3 rings (SSSR count). The number of β-amino-alcohol motifs (C(OH)–C–C–N with tert-alkyl or cyclic N) is 1. The van der Waals surface area contributed by atoms with Crippen LogP contribution in [0.2, 0.25) is 0 Å². The van der Waals surface area contributed by atoms with E-state index in [1.54, 1.807) is 0 Å². The maximum Gasteiger partial charge on any atom is 0.326 e. The summed E-state index contributed by atoms with van der Waals surface area (Å²) >= 11 is 0. The summed E-state index contributed by atoms with van der Waals surface area (Å²) in [6.07, 6.45) is 4.44. The minimum Gasteiger partial charge on any atom is -0.480 e. The Balaban J connectivity index is 1.53. The van der Waals surface area contributed by atoms with Gasteiger partial charge in [-0.25, -0.2) is 9.59 Å². The van der Waals surface area contributed by atoms with E-state index >= 15 is 0 Å². The van der Waals surface area contributed by atoms with Gasteiger partial charge in [0.05, 0.1) is 6.10 Å². The largest absolute Gasteiger partial charge is 0.480 e. The number of urea groups is 1. The Hall–Kier alpha value is -1.30. The van der Waals surface area contributed by atoms with E-state index in [1.807, 2.05) is 0 Å². The molecule has 0 aromatic heterocycles. The number of carbonyl (C=O) groups excluding carboxylic acids is 1. The van der Waals surface area contributed by atoms with Gasteiger partial charge in [-0.15, -0.1) is 0 Å². The summed E-state index contributed by atoms with van der Waals surface area (Å²) < 4.78 is 0. The molecule has 3 aliphatic rings. The van der Waals surface area contributed by atoms with Gasteiger partial charge in [0.2, 0.25) is 0 Å². The Kier molecular flexibility index (Phi) is 3.58. The van der Waals surface area contributed by atoms with Crippen LogP contribution in [0, 0.1) is 17.8 Å². The topological polar surface area (TPSA) is 89.9 Å². The highest BCUT2D eigenvalue weighted by molar-refractivity contribution is 5.83. The van der Waals surface area contributed by atoms with E-state index in [1.165, 1.54) is 30.6 Å². The van der Waals surface area contributed by atoms with Crippen LogP contribution < -0.4 is 5.32 Å². The number of carboxylic acid groups (broad SMARTS) is 1. The summed E-state index contributed by atoms with van der Waals surface area (Å²) in [5.74, 6) is 1.02. The molecule has 0 bridgehead atoms. The number of rotatable bonds is 5. The van der Waals surface area contributed by atoms with Crippen molar-refractivity contribution in [2.24, 2.45) is 17.8 Å². The van der Waals surface area contributed by atoms with E-state index < -0.39 is 18.1 Å². The number of aliphatic hydroxyl groups excluding tert-OH is 1. The molecule has 1 aliphatic heterocycles. The van der Waals surface area contributed by atoms with Gasteiger partial charge in [0, 0.05) is 19.5 Å². The molecule has 0 spiro atoms. The maximum absolute atomic E-state index is 12.1. The Labute approximate surface area is 118 Å². The SMILES string of the molecule is O=C(O)[C@H]1C[C@@H](O)CN1C(=O)NCC(C1CC1)C1CC1. The smallest absolute Gasteiger partial charge is 0.326 e. The average Bonchev–Trinajstić information content (AvgIpc) is 3.29. The molecule has 3 N–H and O–H groups in total. The van der Waals surface area contributed by atoms with E-state index in [4.69, 9.17) is 5.11 Å². The Bertz CT molecular complexity index is 394. The molecular formula is C14H22N2O4. The molecule has 112 valence electrons. The summed E-state index contributed by atoms with van der Waals surface area (Å²) in [5, 5.41) is 21.5. The van der Waals surface area contributed by atoms with Gasteiger partial charge >= 0.3 is 12.0 Å². The summed E-state index contributed by atoms with van der Waals surface area (Å²) in [4.78, 5) is 24.5. The van der Waals surface area contributed by atoms with Crippen LogP contribution in [0.4, 0.5) is 4.79 Å². The Morgan fingerprint density at radius 2 is 1.80 bits per heavy atom. The number of amides is 2. The second kappa shape index (κ2) is 5.24. The van der Waals surface area contributed by atoms with Crippen molar-refractivity contribution in [3.05, 3.63) is 0 Å². The van der Waals surface area contributed by atoms with Crippen LogP contribution in [0.25, 0.3) is 0 Å². The van der Waals surface area contributed by atoms with Crippen LogP contribution in [0.15, 0.2) is 0 Å². The molecule has 2 saturated carbocycles. The number of nitrogens with one attached hydrogen (secondary N) is 1. The van der Waals surface area contributed by atoms with Gasteiger partial charge in [-0.3, -0.25) is 0 Å². The molecule has 3 fully saturated rings. The molecule has 20 heavy (non-hydrogen) atoms. The number of carboxylic acids is 1. The zero-order valence-corrected chi connectivity index (χ0v) is 11.5. The van der Waals surface area contributed by atoms with Gasteiger partial charge in [0.15, 0.2) is 0 Å². The highest BCUT2D eigenvalue weighted by Gasteiger charge is 2.43. The summed E-state index contributed by atoms with van der Waals surface area (Å²) in [6.45, 7) is 0.757. The summed E-state index contributed by atoms with van der Waals surface area (Å²) in [7, 11) is 0. The minimum atomic E-state index is -1.04. The number of likely N-dealkylation sites (tertiary alicyclic amines) is 1. The van der Waals surface area contributed by atoms with Crippen molar-refractivity contribution >= 4 is 12.0 Å². The first-order valence-electron chi connectivity index (χ1n) is 7.51. The first-order valence-corrected chi connectivity index (χ1v) is 7.51. The monoisotopic (exact) mass is 282 g/mol. The second-order valence-electron chi connectivity index (χ2n) is 6.42. The molecule has 0 unspecified atom stereocenters. The number of hydrogen-bond acceptors (Lipinski definition) is 3. The van der Waals surface area contributed by atoms with Crippen LogP contribution in [0.3, 0.4) is 0 Å². The minimum absolute atomic E-state index is 0.111. The molecule has 0 radical (unpaired) electrons. The normalized spacial score (nSPS) is 29.8. The molecule has 6 heteroatoms. The molecule has 0 aromatic rings. The first-order chi connectivity index (χ1) is 9.56. The van der Waals surface area contributed by atoms with Gasteiger partial charge < -0.3 is 20.4 Å². The molecule has 6 nitrogen and oxygen atoms in total. The summed E-state index contributed by atoms with van der Waals surface area (Å²) in [5.41, 5.74) is 0. The Morgan fingerprint density at radius 3 is 2.30 bits per heavy atom. The van der Waals surface area contributed by atoms with Crippen LogP contribution >= 0.6 is 0 Å². The lowest BCUT2D eigenvalue weighted by Crippen LogP contribution is -2.47. The average molecular weight is 282 g/mol. The second-order valence-corrected chi connectivity index (χ2v) is 6.42. The van der Waals surface area contributed by atoms with Gasteiger partial charge in [-0.2, -0.15) is 0 Å². The van der Waals surface area contributed by atoms with Crippen LogP contribution in [0.5, 0.6) is 0 Å². The van der Waals surface area contributed by atoms with Gasteiger partial charge in [-0.1, -0.05) is 0 Å². The van der Waals surface area contributed by atoms with E-state index in [2.05, 4.69) is 5.32 Å². The first kappa shape index (κ1) is 13.7. The highest BCUT2D eigenvalue weighted by atomic mass is 16.4. The molecule has 2 aliphatic carbocycles. The zero-order chi connectivity index (χ0) is 14.3. The molecule has 2 amide bonds. The van der Waals surface area contributed by atoms with Gasteiger partial charge in [-0.05, 0) is 43.4 Å². The predicted octanol–water partition coefficient (Wildman–Crippen LogP) is 0.652. The van der Waals surface area contributed by atoms with Gasteiger partial charge in [0.25, 0.3) is 0 Å². The molecule has 1 saturated heterocycles. The van der Waals surface area contributed by atoms with Crippen LogP contribution in [-0.2, 0) is 4.79 Å². The standard InChI is InChI=1S/C14H22N2O4/c17-10-5-12(13(18)19)16(7-10)14(20)15-6-11(8-1-2-8)9-3-4-9/h8-12,17H,1-7H2,(H,15,20)(H,18,19)/t10-,12-/m1/s1. The van der Waals surface area contributed by atoms with Crippen molar-refractivity contribution < 1.29 is 19.8 Å². The lowest BCUT2D eigenvalue weighted by Gasteiger charge is -2.23. The number of hydrogen-bond donors (Lipinski definition) is 3. The van der Waals surface area contributed by atoms with Crippen LogP contribution in [-0.4, -0.2) is 52.3 Å². The third-order valence-electron chi connectivity index (χ3n) is 4.77. The van der Waals surface area contributed by atoms with E-state index in [9.17, 15) is 14.7 Å². The fraction of sp³-hybridized carbons (Fsp3) is 0.857. The van der Waals surface area contributed by atoms with Crippen LogP contribution in [0.1, 0.15) is 32.1 Å². The molecule has 1 heterocycles. The highest BCUT2D eigenvalue weighted by Crippen LogP contribution is 2.48. The van der Waals surface area contributed by atoms with Crippen molar-refractivity contribution in [1.29, 1.82) is 0 Å². The third-order valence-corrected chi connectivity index (χ3v) is 4.77. The lowest BCUT2D eigenvalue weighted by molar-refractivity contribution is -0.141. The van der Waals surface area contributed by atoms with E-state index in [0.717, 1.165) is 11.8 Å². The fourth-order valence-electron chi connectivity index (χ4n) is 3.35. The zero-order valence-electron chi connectivity index (χ0n) is 11.5. The summed E-state index contributed by atoms with van der Waals surface area (Å²) in [6, 6.07) is -1.24. The molecular weight excluding hydrogens is 260 g/mol.